The summed E-state index contributed by atoms with van der Waals surface area (Å²) in [6, 6.07) is 9.35. The van der Waals surface area contributed by atoms with E-state index in [1.807, 2.05) is 0 Å². The number of aromatic nitrogens is 2. The van der Waals surface area contributed by atoms with Crippen LogP contribution in [-0.2, 0) is 21.1 Å². The highest BCUT2D eigenvalue weighted by Crippen LogP contribution is 2.45. The van der Waals surface area contributed by atoms with Gasteiger partial charge in [-0.3, -0.25) is 9.78 Å². The molecule has 2 aromatic carbocycles. The molecule has 8 heteroatoms. The Morgan fingerprint density at radius 1 is 1.16 bits per heavy atom. The maximum atomic E-state index is 14.2. The average molecular weight is 430 g/mol. The molecule has 0 N–H and O–H groups in total. The molecule has 1 aliphatic carbocycles. The Balaban J connectivity index is 1.80. The van der Waals surface area contributed by atoms with Crippen molar-refractivity contribution in [2.75, 3.05) is 7.11 Å². The third-order valence-corrected chi connectivity index (χ3v) is 5.71. The lowest BCUT2D eigenvalue weighted by Crippen LogP contribution is -2.34. The number of carbonyl (C=O) groups is 1. The third kappa shape index (κ3) is 3.56. The lowest BCUT2D eigenvalue weighted by molar-refractivity contribution is -0.145. The summed E-state index contributed by atoms with van der Waals surface area (Å²) in [4.78, 5) is 20.3. The Hall–Kier alpha value is -3.29. The van der Waals surface area contributed by atoms with Crippen molar-refractivity contribution in [1.82, 2.24) is 9.97 Å². The van der Waals surface area contributed by atoms with Crippen molar-refractivity contribution in [3.63, 3.8) is 0 Å². The number of fused-ring (bicyclic) bond motifs is 1. The molecule has 0 amide bonds. The number of nitrogens with zero attached hydrogens (tertiary/aromatic N) is 2. The number of hydrogen-bond acceptors (Lipinski definition) is 4. The van der Waals surface area contributed by atoms with Gasteiger partial charge in [0.1, 0.15) is 11.2 Å². The van der Waals surface area contributed by atoms with Crippen LogP contribution in [0.15, 0.2) is 48.7 Å². The van der Waals surface area contributed by atoms with E-state index >= 15 is 0 Å². The zero-order chi connectivity index (χ0) is 22.4. The second kappa shape index (κ2) is 7.44. The summed E-state index contributed by atoms with van der Waals surface area (Å²) >= 11 is 0. The molecule has 4 rings (SSSR count). The zero-order valence-electron chi connectivity index (χ0n) is 16.8. The quantitative estimate of drug-likeness (QED) is 0.413. The van der Waals surface area contributed by atoms with E-state index in [1.54, 1.807) is 37.3 Å². The highest BCUT2D eigenvalue weighted by molar-refractivity contribution is 5.92. The molecule has 160 valence electrons. The second-order valence-electron chi connectivity index (χ2n) is 7.50. The number of ether oxygens (including phenoxy) is 1. The van der Waals surface area contributed by atoms with Crippen LogP contribution in [0.1, 0.15) is 35.2 Å². The molecule has 1 aliphatic rings. The Morgan fingerprint density at radius 2 is 1.94 bits per heavy atom. The molecule has 0 saturated heterocycles. The number of methoxy groups -OCH3 is 1. The van der Waals surface area contributed by atoms with E-state index in [2.05, 4.69) is 9.97 Å². The fourth-order valence-corrected chi connectivity index (χ4v) is 4.10. The minimum atomic E-state index is -4.57. The lowest BCUT2D eigenvalue weighted by atomic mass is 9.77. The van der Waals surface area contributed by atoms with Crippen molar-refractivity contribution in [2.45, 2.75) is 31.4 Å². The molecule has 0 radical (unpaired) electrons. The van der Waals surface area contributed by atoms with Crippen molar-refractivity contribution in [1.29, 1.82) is 0 Å². The second-order valence-corrected chi connectivity index (χ2v) is 7.50. The van der Waals surface area contributed by atoms with Crippen molar-refractivity contribution in [2.24, 2.45) is 0 Å². The van der Waals surface area contributed by atoms with E-state index < -0.39 is 29.1 Å². The monoisotopic (exact) mass is 430 g/mol. The van der Waals surface area contributed by atoms with E-state index in [4.69, 9.17) is 4.74 Å². The highest BCUT2D eigenvalue weighted by atomic mass is 19.4. The van der Waals surface area contributed by atoms with Crippen LogP contribution in [0.2, 0.25) is 0 Å². The van der Waals surface area contributed by atoms with E-state index in [0.29, 0.717) is 41.2 Å². The molecule has 0 saturated carbocycles. The molecule has 1 unspecified atom stereocenters. The van der Waals surface area contributed by atoms with Gasteiger partial charge in [-0.25, -0.2) is 9.37 Å². The maximum absolute atomic E-state index is 14.2. The van der Waals surface area contributed by atoms with Crippen LogP contribution in [0.3, 0.4) is 0 Å². The van der Waals surface area contributed by atoms with Gasteiger partial charge in [0.2, 0.25) is 0 Å². The van der Waals surface area contributed by atoms with Crippen molar-refractivity contribution in [3.8, 4) is 0 Å². The number of halogens is 4. The number of allylic oxidation sites excluding steroid dienone is 1. The summed E-state index contributed by atoms with van der Waals surface area (Å²) in [6.45, 7) is 1.62. The summed E-state index contributed by atoms with van der Waals surface area (Å²) in [6.07, 6.45) is -1.22. The molecule has 1 atom stereocenters. The molecule has 3 aromatic rings. The van der Waals surface area contributed by atoms with Gasteiger partial charge in [0.15, 0.2) is 5.69 Å². The standard InChI is InChI=1S/C23H18F4N2O2/c1-13-16(4-3-5-17(13)24)22(21(30)31-2)9-8-15(11-22)14-6-7-18-19(10-14)28-12-20(29-18)23(25,26)27/h3-7,10-12H,8-9H2,1-2H3. The summed E-state index contributed by atoms with van der Waals surface area (Å²) < 4.78 is 57.9. The molecule has 1 aromatic heterocycles. The van der Waals surface area contributed by atoms with Gasteiger partial charge in [-0.05, 0) is 60.2 Å². The Morgan fingerprint density at radius 3 is 2.65 bits per heavy atom. The summed E-state index contributed by atoms with van der Waals surface area (Å²) in [7, 11) is 1.29. The molecule has 4 nitrogen and oxygen atoms in total. The normalized spacial score (nSPS) is 18.8. The van der Waals surface area contributed by atoms with Crippen LogP contribution in [0.25, 0.3) is 16.6 Å². The minimum absolute atomic E-state index is 0.123. The van der Waals surface area contributed by atoms with Crippen LogP contribution >= 0.6 is 0 Å². The first-order valence-electron chi connectivity index (χ1n) is 9.56. The largest absolute Gasteiger partial charge is 0.468 e. The van der Waals surface area contributed by atoms with Gasteiger partial charge in [0.25, 0.3) is 0 Å². The van der Waals surface area contributed by atoms with Crippen LogP contribution in [-0.4, -0.2) is 23.0 Å². The van der Waals surface area contributed by atoms with Gasteiger partial charge < -0.3 is 4.74 Å². The van der Waals surface area contributed by atoms with Crippen molar-refractivity contribution < 1.29 is 27.1 Å². The van der Waals surface area contributed by atoms with Gasteiger partial charge in [-0.15, -0.1) is 0 Å². The topological polar surface area (TPSA) is 52.1 Å². The molecule has 0 fully saturated rings. The number of benzene rings is 2. The van der Waals surface area contributed by atoms with Gasteiger partial charge in [-0.2, -0.15) is 13.2 Å². The maximum Gasteiger partial charge on any atom is 0.434 e. The smallest absolute Gasteiger partial charge is 0.434 e. The predicted octanol–water partition coefficient (Wildman–Crippen LogP) is 5.38. The number of alkyl halides is 3. The number of rotatable bonds is 3. The van der Waals surface area contributed by atoms with Gasteiger partial charge in [0, 0.05) is 0 Å². The Labute approximate surface area is 175 Å². The van der Waals surface area contributed by atoms with Crippen molar-refractivity contribution in [3.05, 3.63) is 76.9 Å². The molecule has 0 aliphatic heterocycles. The first kappa shape index (κ1) is 21.0. The van der Waals surface area contributed by atoms with Gasteiger partial charge in [0.05, 0.1) is 24.3 Å². The molecular weight excluding hydrogens is 412 g/mol. The highest BCUT2D eigenvalue weighted by Gasteiger charge is 2.44. The SMILES string of the molecule is COC(=O)C1(c2cccc(F)c2C)C=C(c2ccc3nc(C(F)(F)F)cnc3c2)CC1. The molecule has 1 heterocycles. The number of esters is 1. The molecule has 0 spiro atoms. The van der Waals surface area contributed by atoms with Crippen LogP contribution < -0.4 is 0 Å². The van der Waals surface area contributed by atoms with E-state index in [-0.39, 0.29) is 5.52 Å². The van der Waals surface area contributed by atoms with Crippen LogP contribution in [0.4, 0.5) is 17.6 Å². The fraction of sp³-hybridized carbons (Fsp3) is 0.261. The summed E-state index contributed by atoms with van der Waals surface area (Å²) in [5.74, 6) is -0.907. The number of carbonyl (C=O) groups excluding carboxylic acids is 1. The summed E-state index contributed by atoms with van der Waals surface area (Å²) in [5, 5.41) is 0. The Kier molecular flexibility index (Phi) is 5.03. The van der Waals surface area contributed by atoms with Gasteiger partial charge >= 0.3 is 12.1 Å². The molecule has 31 heavy (non-hydrogen) atoms. The molecule has 0 bridgehead atoms. The lowest BCUT2D eigenvalue weighted by Gasteiger charge is -2.26. The Bertz CT molecular complexity index is 1220. The van der Waals surface area contributed by atoms with Crippen LogP contribution in [0.5, 0.6) is 0 Å². The van der Waals surface area contributed by atoms with E-state index in [9.17, 15) is 22.4 Å². The molecular formula is C23H18F4N2O2. The third-order valence-electron chi connectivity index (χ3n) is 5.71. The first-order valence-corrected chi connectivity index (χ1v) is 9.56. The zero-order valence-corrected chi connectivity index (χ0v) is 16.8. The van der Waals surface area contributed by atoms with E-state index in [0.717, 1.165) is 5.57 Å². The van der Waals surface area contributed by atoms with Crippen LogP contribution in [0, 0.1) is 12.7 Å². The number of hydrogen-bond donors (Lipinski definition) is 0. The predicted molar refractivity (Wildman–Crippen MR) is 107 cm³/mol. The summed E-state index contributed by atoms with van der Waals surface area (Å²) in [5.41, 5.74) is 0.649. The minimum Gasteiger partial charge on any atom is -0.468 e. The average Bonchev–Trinajstić information content (AvgIpc) is 3.20. The fourth-order valence-electron chi connectivity index (χ4n) is 4.10. The first-order chi connectivity index (χ1) is 14.7. The van der Waals surface area contributed by atoms with E-state index in [1.165, 1.54) is 19.2 Å². The van der Waals surface area contributed by atoms with Gasteiger partial charge in [-0.1, -0.05) is 24.3 Å². The van der Waals surface area contributed by atoms with Crippen molar-refractivity contribution >= 4 is 22.6 Å².